The molecule has 0 aromatic carbocycles. The Kier molecular flexibility index (Phi) is 3.02. The van der Waals surface area contributed by atoms with E-state index in [0.29, 0.717) is 24.5 Å². The summed E-state index contributed by atoms with van der Waals surface area (Å²) in [7, 11) is 1.87. The molecule has 0 bridgehead atoms. The molecule has 5 nitrogen and oxygen atoms in total. The number of nitrogens with one attached hydrogen (secondary N) is 1. The lowest BCUT2D eigenvalue weighted by Gasteiger charge is -2.03. The van der Waals surface area contributed by atoms with Gasteiger partial charge in [-0.2, -0.15) is 0 Å². The maximum Gasteiger partial charge on any atom is 0.233 e. The molecule has 1 aliphatic heterocycles. The van der Waals surface area contributed by atoms with Crippen molar-refractivity contribution in [3.05, 3.63) is 11.8 Å². The van der Waals surface area contributed by atoms with Crippen LogP contribution >= 0.6 is 0 Å². The fourth-order valence-corrected chi connectivity index (χ4v) is 1.70. The maximum absolute atomic E-state index is 5.60. The second-order valence-electron chi connectivity index (χ2n) is 4.07. The monoisotopic (exact) mass is 211 g/mol. The Morgan fingerprint density at radius 1 is 1.47 bits per heavy atom. The van der Waals surface area contributed by atoms with Gasteiger partial charge in [0.15, 0.2) is 0 Å². The minimum Gasteiger partial charge on any atom is -0.423 e. The van der Waals surface area contributed by atoms with Gasteiger partial charge in [0.25, 0.3) is 0 Å². The van der Waals surface area contributed by atoms with E-state index >= 15 is 0 Å². The second kappa shape index (κ2) is 4.28. The molecule has 3 atom stereocenters. The predicted octanol–water partition coefficient (Wildman–Crippen LogP) is 1.24. The Morgan fingerprint density at radius 2 is 2.27 bits per heavy atom. The van der Waals surface area contributed by atoms with Crippen molar-refractivity contribution in [3.63, 3.8) is 0 Å². The SMILES string of the molecule is CNC(C)c1nnc(C2COC(C)C2)o1. The van der Waals surface area contributed by atoms with Crippen molar-refractivity contribution in [2.24, 2.45) is 0 Å². The number of aromatic nitrogens is 2. The lowest BCUT2D eigenvalue weighted by molar-refractivity contribution is 0.122. The molecule has 0 radical (unpaired) electrons. The Balaban J connectivity index is 2.07. The Hall–Kier alpha value is -0.940. The summed E-state index contributed by atoms with van der Waals surface area (Å²) in [6, 6.07) is 0.103. The third-order valence-corrected chi connectivity index (χ3v) is 2.81. The highest BCUT2D eigenvalue weighted by atomic mass is 16.5. The van der Waals surface area contributed by atoms with E-state index in [0.717, 1.165) is 6.42 Å². The first-order valence-corrected chi connectivity index (χ1v) is 5.33. The summed E-state index contributed by atoms with van der Waals surface area (Å²) in [5, 5.41) is 11.2. The van der Waals surface area contributed by atoms with Crippen molar-refractivity contribution in [2.75, 3.05) is 13.7 Å². The lowest BCUT2D eigenvalue weighted by Crippen LogP contribution is -2.12. The van der Waals surface area contributed by atoms with Gasteiger partial charge < -0.3 is 14.5 Å². The molecule has 0 saturated carbocycles. The van der Waals surface area contributed by atoms with Crippen molar-refractivity contribution < 1.29 is 9.15 Å². The molecule has 1 aromatic rings. The van der Waals surface area contributed by atoms with Gasteiger partial charge in [-0.15, -0.1) is 10.2 Å². The van der Waals surface area contributed by atoms with E-state index < -0.39 is 0 Å². The molecule has 0 amide bonds. The molecule has 84 valence electrons. The number of hydrogen-bond donors (Lipinski definition) is 1. The summed E-state index contributed by atoms with van der Waals surface area (Å²) in [4.78, 5) is 0. The zero-order valence-corrected chi connectivity index (χ0v) is 9.36. The molecule has 2 heterocycles. The number of hydrogen-bond acceptors (Lipinski definition) is 5. The van der Waals surface area contributed by atoms with Crippen LogP contribution in [0.3, 0.4) is 0 Å². The van der Waals surface area contributed by atoms with Gasteiger partial charge in [-0.3, -0.25) is 0 Å². The summed E-state index contributed by atoms with van der Waals surface area (Å²) in [6.45, 7) is 4.75. The van der Waals surface area contributed by atoms with E-state index in [9.17, 15) is 0 Å². The summed E-state index contributed by atoms with van der Waals surface area (Å²) in [6.07, 6.45) is 1.27. The molecule has 2 rings (SSSR count). The predicted molar refractivity (Wildman–Crippen MR) is 54.5 cm³/mol. The highest BCUT2D eigenvalue weighted by Crippen LogP contribution is 2.28. The topological polar surface area (TPSA) is 60.2 Å². The van der Waals surface area contributed by atoms with Crippen LogP contribution in [0.15, 0.2) is 4.42 Å². The first-order valence-electron chi connectivity index (χ1n) is 5.33. The van der Waals surface area contributed by atoms with Gasteiger partial charge in [0.1, 0.15) is 0 Å². The van der Waals surface area contributed by atoms with Gasteiger partial charge in [-0.05, 0) is 27.3 Å². The second-order valence-corrected chi connectivity index (χ2v) is 4.07. The van der Waals surface area contributed by atoms with Crippen LogP contribution in [0, 0.1) is 0 Å². The molecule has 1 aliphatic rings. The number of rotatable bonds is 3. The molecular formula is C10H17N3O2. The fraction of sp³-hybridized carbons (Fsp3) is 0.800. The molecule has 1 saturated heterocycles. The van der Waals surface area contributed by atoms with Crippen LogP contribution in [0.1, 0.15) is 44.0 Å². The maximum atomic E-state index is 5.60. The third-order valence-electron chi connectivity index (χ3n) is 2.81. The largest absolute Gasteiger partial charge is 0.423 e. The highest BCUT2D eigenvalue weighted by Gasteiger charge is 2.28. The van der Waals surface area contributed by atoms with E-state index in [1.54, 1.807) is 0 Å². The van der Waals surface area contributed by atoms with Gasteiger partial charge in [-0.1, -0.05) is 0 Å². The molecule has 1 aromatic heterocycles. The normalized spacial score (nSPS) is 28.2. The van der Waals surface area contributed by atoms with Crippen LogP contribution < -0.4 is 5.32 Å². The number of nitrogens with zero attached hydrogens (tertiary/aromatic N) is 2. The first-order chi connectivity index (χ1) is 7.20. The zero-order valence-electron chi connectivity index (χ0n) is 9.36. The average Bonchev–Trinajstić information content (AvgIpc) is 2.84. The molecule has 5 heteroatoms. The van der Waals surface area contributed by atoms with E-state index in [4.69, 9.17) is 9.15 Å². The quantitative estimate of drug-likeness (QED) is 0.815. The average molecular weight is 211 g/mol. The van der Waals surface area contributed by atoms with Gasteiger partial charge >= 0.3 is 0 Å². The molecule has 1 N–H and O–H groups in total. The van der Waals surface area contributed by atoms with E-state index in [2.05, 4.69) is 22.4 Å². The van der Waals surface area contributed by atoms with Crippen LogP contribution in [-0.4, -0.2) is 30.0 Å². The van der Waals surface area contributed by atoms with Crippen LogP contribution in [-0.2, 0) is 4.74 Å². The smallest absolute Gasteiger partial charge is 0.233 e. The minimum absolute atomic E-state index is 0.103. The summed E-state index contributed by atoms with van der Waals surface area (Å²) < 4.78 is 11.1. The fourth-order valence-electron chi connectivity index (χ4n) is 1.70. The van der Waals surface area contributed by atoms with Crippen molar-refractivity contribution >= 4 is 0 Å². The molecular weight excluding hydrogens is 194 g/mol. The summed E-state index contributed by atoms with van der Waals surface area (Å²) >= 11 is 0. The first kappa shape index (κ1) is 10.6. The van der Waals surface area contributed by atoms with Crippen molar-refractivity contribution in [1.82, 2.24) is 15.5 Å². The standard InChI is InChI=1S/C10H17N3O2/c1-6-4-8(5-14-6)10-13-12-9(15-10)7(2)11-3/h6-8,11H,4-5H2,1-3H3. The Labute approximate surface area is 89.2 Å². The van der Waals surface area contributed by atoms with Gasteiger partial charge in [0.05, 0.1) is 24.7 Å². The molecule has 0 aliphatic carbocycles. The zero-order chi connectivity index (χ0) is 10.8. The van der Waals surface area contributed by atoms with Crippen LogP contribution in [0.25, 0.3) is 0 Å². The van der Waals surface area contributed by atoms with Crippen LogP contribution in [0.4, 0.5) is 0 Å². The molecule has 0 spiro atoms. The Morgan fingerprint density at radius 3 is 2.87 bits per heavy atom. The van der Waals surface area contributed by atoms with E-state index in [-0.39, 0.29) is 12.0 Å². The van der Waals surface area contributed by atoms with E-state index in [1.165, 1.54) is 0 Å². The molecule has 1 fully saturated rings. The lowest BCUT2D eigenvalue weighted by atomic mass is 10.1. The summed E-state index contributed by atoms with van der Waals surface area (Å²) in [5.74, 6) is 1.62. The van der Waals surface area contributed by atoms with Gasteiger partial charge in [0.2, 0.25) is 11.8 Å². The highest BCUT2D eigenvalue weighted by molar-refractivity contribution is 4.97. The van der Waals surface area contributed by atoms with E-state index in [1.807, 2.05) is 14.0 Å². The molecule has 15 heavy (non-hydrogen) atoms. The van der Waals surface area contributed by atoms with Crippen molar-refractivity contribution in [2.45, 2.75) is 38.3 Å². The number of ether oxygens (including phenoxy) is 1. The van der Waals surface area contributed by atoms with Crippen molar-refractivity contribution in [3.8, 4) is 0 Å². The third kappa shape index (κ3) is 2.18. The van der Waals surface area contributed by atoms with Gasteiger partial charge in [-0.25, -0.2) is 0 Å². The minimum atomic E-state index is 0.103. The van der Waals surface area contributed by atoms with Crippen molar-refractivity contribution in [1.29, 1.82) is 0 Å². The van der Waals surface area contributed by atoms with Crippen LogP contribution in [0.5, 0.6) is 0 Å². The van der Waals surface area contributed by atoms with Crippen LogP contribution in [0.2, 0.25) is 0 Å². The molecule has 3 unspecified atom stereocenters. The van der Waals surface area contributed by atoms with Gasteiger partial charge in [0, 0.05) is 0 Å². The Bertz CT molecular complexity index is 326. The summed E-state index contributed by atoms with van der Waals surface area (Å²) in [5.41, 5.74) is 0.